The molecule has 1 aliphatic carbocycles. The van der Waals surface area contributed by atoms with Gasteiger partial charge in [0.1, 0.15) is 0 Å². The van der Waals surface area contributed by atoms with Crippen LogP contribution in [0.25, 0.3) is 0 Å². The molecule has 1 N–H and O–H groups in total. The molecule has 2 rings (SSSR count). The highest BCUT2D eigenvalue weighted by Crippen LogP contribution is 2.18. The third-order valence-electron chi connectivity index (χ3n) is 3.19. The van der Waals surface area contributed by atoms with Gasteiger partial charge in [0.05, 0.1) is 5.75 Å². The van der Waals surface area contributed by atoms with Crippen LogP contribution in [-0.4, -0.2) is 43.1 Å². The van der Waals surface area contributed by atoms with Crippen LogP contribution < -0.4 is 5.32 Å². The van der Waals surface area contributed by atoms with Crippen molar-refractivity contribution >= 4 is 10.0 Å². The summed E-state index contributed by atoms with van der Waals surface area (Å²) in [7, 11) is -1.55. The van der Waals surface area contributed by atoms with E-state index in [1.165, 1.54) is 17.1 Å². The first-order valence-electron chi connectivity index (χ1n) is 6.64. The molecule has 1 aromatic heterocycles. The van der Waals surface area contributed by atoms with Gasteiger partial charge in [-0.15, -0.1) is 0 Å². The normalized spacial score (nSPS) is 15.9. The zero-order chi connectivity index (χ0) is 13.7. The number of hydrogen-bond donors (Lipinski definition) is 1. The molecule has 1 aliphatic rings. The van der Waals surface area contributed by atoms with Crippen molar-refractivity contribution < 1.29 is 8.42 Å². The van der Waals surface area contributed by atoms with Crippen molar-refractivity contribution in [3.63, 3.8) is 0 Å². The first-order valence-corrected chi connectivity index (χ1v) is 8.25. The first-order chi connectivity index (χ1) is 9.08. The van der Waals surface area contributed by atoms with Crippen molar-refractivity contribution in [1.82, 2.24) is 14.6 Å². The third kappa shape index (κ3) is 4.89. The van der Waals surface area contributed by atoms with Gasteiger partial charge in [-0.25, -0.2) is 12.7 Å². The number of sulfonamides is 1. The molecule has 0 amide bonds. The fourth-order valence-corrected chi connectivity index (χ4v) is 3.02. The molecule has 1 fully saturated rings. The first kappa shape index (κ1) is 14.4. The summed E-state index contributed by atoms with van der Waals surface area (Å²) < 4.78 is 25.5. The number of aromatic nitrogens is 1. The zero-order valence-corrected chi connectivity index (χ0v) is 12.1. The van der Waals surface area contributed by atoms with E-state index in [4.69, 9.17) is 0 Å². The molecule has 0 spiro atoms. The highest BCUT2D eigenvalue weighted by atomic mass is 32.2. The van der Waals surface area contributed by atoms with Crippen molar-refractivity contribution in [2.75, 3.05) is 19.3 Å². The smallest absolute Gasteiger partial charge is 0.214 e. The van der Waals surface area contributed by atoms with E-state index in [1.54, 1.807) is 19.4 Å². The Morgan fingerprint density at radius 3 is 2.89 bits per heavy atom. The molecular weight excluding hydrogens is 262 g/mol. The fraction of sp³-hybridized carbons (Fsp3) is 0.615. The van der Waals surface area contributed by atoms with Gasteiger partial charge in [0, 0.05) is 32.0 Å². The van der Waals surface area contributed by atoms with E-state index in [0.717, 1.165) is 12.1 Å². The van der Waals surface area contributed by atoms with Gasteiger partial charge >= 0.3 is 0 Å². The Kier molecular flexibility index (Phi) is 4.90. The van der Waals surface area contributed by atoms with Crippen molar-refractivity contribution in [3.05, 3.63) is 30.1 Å². The Morgan fingerprint density at radius 1 is 1.47 bits per heavy atom. The molecule has 0 aromatic carbocycles. The molecule has 106 valence electrons. The van der Waals surface area contributed by atoms with E-state index >= 15 is 0 Å². The molecule has 1 heterocycles. The van der Waals surface area contributed by atoms with E-state index in [1.807, 2.05) is 12.1 Å². The highest BCUT2D eigenvalue weighted by Gasteiger charge is 2.21. The van der Waals surface area contributed by atoms with Gasteiger partial charge in [-0.3, -0.25) is 4.98 Å². The molecule has 0 saturated heterocycles. The second-order valence-corrected chi connectivity index (χ2v) is 7.21. The average molecular weight is 283 g/mol. The van der Waals surface area contributed by atoms with Gasteiger partial charge in [-0.05, 0) is 37.4 Å². The van der Waals surface area contributed by atoms with Crippen LogP contribution in [0.5, 0.6) is 0 Å². The lowest BCUT2D eigenvalue weighted by Gasteiger charge is -2.17. The van der Waals surface area contributed by atoms with E-state index in [2.05, 4.69) is 10.3 Å². The molecule has 1 aromatic rings. The number of pyridine rings is 1. The molecule has 0 unspecified atom stereocenters. The minimum atomic E-state index is -3.17. The SMILES string of the molecule is CN(Cc1cccnc1)S(=O)(=O)CCCNC1CC1. The average Bonchev–Trinajstić information content (AvgIpc) is 3.20. The summed E-state index contributed by atoms with van der Waals surface area (Å²) in [4.78, 5) is 3.99. The molecule has 0 atom stereocenters. The van der Waals surface area contributed by atoms with Crippen molar-refractivity contribution in [1.29, 1.82) is 0 Å². The summed E-state index contributed by atoms with van der Waals surface area (Å²) in [6.07, 6.45) is 6.50. The Morgan fingerprint density at radius 2 is 2.26 bits per heavy atom. The van der Waals surface area contributed by atoms with Gasteiger partial charge in [0.2, 0.25) is 10.0 Å². The van der Waals surface area contributed by atoms with Crippen molar-refractivity contribution in [3.8, 4) is 0 Å². The quantitative estimate of drug-likeness (QED) is 0.723. The van der Waals surface area contributed by atoms with Crippen LogP contribution in [0, 0.1) is 0 Å². The monoisotopic (exact) mass is 283 g/mol. The number of rotatable bonds is 8. The minimum Gasteiger partial charge on any atom is -0.314 e. The second kappa shape index (κ2) is 6.45. The van der Waals surface area contributed by atoms with E-state index < -0.39 is 10.0 Å². The van der Waals surface area contributed by atoms with Gasteiger partial charge in [-0.1, -0.05) is 6.07 Å². The van der Waals surface area contributed by atoms with Crippen LogP contribution in [0.3, 0.4) is 0 Å². The maximum absolute atomic E-state index is 12.1. The van der Waals surface area contributed by atoms with E-state index in [9.17, 15) is 8.42 Å². The van der Waals surface area contributed by atoms with Gasteiger partial charge in [0.25, 0.3) is 0 Å². The minimum absolute atomic E-state index is 0.198. The lowest BCUT2D eigenvalue weighted by molar-refractivity contribution is 0.464. The van der Waals surface area contributed by atoms with Gasteiger partial charge in [0.15, 0.2) is 0 Å². The number of hydrogen-bond acceptors (Lipinski definition) is 4. The Hall–Kier alpha value is -0.980. The topological polar surface area (TPSA) is 62.3 Å². The summed E-state index contributed by atoms with van der Waals surface area (Å²) in [6, 6.07) is 4.33. The summed E-state index contributed by atoms with van der Waals surface area (Å²) in [5, 5.41) is 3.32. The Bertz CT molecular complexity index is 486. The predicted octanol–water partition coefficient (Wildman–Crippen LogP) is 0.985. The maximum atomic E-state index is 12.1. The summed E-state index contributed by atoms with van der Waals surface area (Å²) in [5.41, 5.74) is 0.907. The molecule has 0 radical (unpaired) electrons. The predicted molar refractivity (Wildman–Crippen MR) is 75.1 cm³/mol. The van der Waals surface area contributed by atoms with E-state index in [0.29, 0.717) is 19.0 Å². The molecule has 0 bridgehead atoms. The molecule has 19 heavy (non-hydrogen) atoms. The summed E-state index contributed by atoms with van der Waals surface area (Å²) in [6.45, 7) is 1.16. The molecule has 0 aliphatic heterocycles. The van der Waals surface area contributed by atoms with Crippen molar-refractivity contribution in [2.45, 2.75) is 31.8 Å². The Balaban J connectivity index is 1.77. The molecule has 6 heteroatoms. The lowest BCUT2D eigenvalue weighted by atomic mass is 10.3. The second-order valence-electron chi connectivity index (χ2n) is 5.02. The van der Waals surface area contributed by atoms with E-state index in [-0.39, 0.29) is 5.75 Å². The summed E-state index contributed by atoms with van der Waals surface area (Å²) in [5.74, 6) is 0.198. The van der Waals surface area contributed by atoms with Crippen LogP contribution in [0.4, 0.5) is 0 Å². The molecular formula is C13H21N3O2S. The van der Waals surface area contributed by atoms with Crippen LogP contribution in [0.1, 0.15) is 24.8 Å². The molecule has 5 nitrogen and oxygen atoms in total. The van der Waals surface area contributed by atoms with Gasteiger partial charge in [-0.2, -0.15) is 0 Å². The highest BCUT2D eigenvalue weighted by molar-refractivity contribution is 7.89. The zero-order valence-electron chi connectivity index (χ0n) is 11.2. The number of nitrogens with one attached hydrogen (secondary N) is 1. The van der Waals surface area contributed by atoms with Crippen LogP contribution in [0.15, 0.2) is 24.5 Å². The van der Waals surface area contributed by atoms with Crippen LogP contribution in [0.2, 0.25) is 0 Å². The fourth-order valence-electron chi connectivity index (χ4n) is 1.85. The Labute approximate surface area is 115 Å². The summed E-state index contributed by atoms with van der Waals surface area (Å²) >= 11 is 0. The standard InChI is InChI=1S/C13H21N3O2S/c1-16(11-12-4-2-7-14-10-12)19(17,18)9-3-8-15-13-5-6-13/h2,4,7,10,13,15H,3,5-6,8-9,11H2,1H3. The van der Waals surface area contributed by atoms with Crippen molar-refractivity contribution in [2.24, 2.45) is 0 Å². The molecule has 1 saturated carbocycles. The lowest BCUT2D eigenvalue weighted by Crippen LogP contribution is -2.30. The van der Waals surface area contributed by atoms with Gasteiger partial charge < -0.3 is 5.32 Å². The number of nitrogens with zero attached hydrogens (tertiary/aromatic N) is 2. The maximum Gasteiger partial charge on any atom is 0.214 e. The largest absolute Gasteiger partial charge is 0.314 e. The van der Waals surface area contributed by atoms with Crippen LogP contribution in [-0.2, 0) is 16.6 Å². The third-order valence-corrected chi connectivity index (χ3v) is 5.08. The van der Waals surface area contributed by atoms with Crippen LogP contribution >= 0.6 is 0 Å².